The highest BCUT2D eigenvalue weighted by molar-refractivity contribution is 5.36. The minimum atomic E-state index is 0.464. The molecule has 0 aromatic carbocycles. The van der Waals surface area contributed by atoms with Crippen LogP contribution >= 0.6 is 0 Å². The molecule has 0 atom stereocenters. The molecule has 0 radical (unpaired) electrons. The Morgan fingerprint density at radius 2 is 2.14 bits per heavy atom. The van der Waals surface area contributed by atoms with Gasteiger partial charge in [0.2, 0.25) is 5.95 Å². The molecule has 2 rings (SSSR count). The molecule has 4 nitrogen and oxygen atoms in total. The molecule has 1 aliphatic rings. The number of aromatic nitrogens is 2. The molecular weight excluding hydrogens is 176 g/mol. The molecule has 1 aromatic rings. The molecule has 0 amide bonds. The summed E-state index contributed by atoms with van der Waals surface area (Å²) in [7, 11) is 3.76. The van der Waals surface area contributed by atoms with Crippen LogP contribution in [0, 0.1) is 11.3 Å². The van der Waals surface area contributed by atoms with Gasteiger partial charge < -0.3 is 4.90 Å². The third kappa shape index (κ3) is 1.67. The van der Waals surface area contributed by atoms with Crippen LogP contribution in [0.25, 0.3) is 0 Å². The number of hydrogen-bond donors (Lipinski definition) is 0. The fourth-order valence-corrected chi connectivity index (χ4v) is 1.30. The first kappa shape index (κ1) is 8.95. The monoisotopic (exact) mass is 188 g/mol. The van der Waals surface area contributed by atoms with Gasteiger partial charge in [0.25, 0.3) is 0 Å². The van der Waals surface area contributed by atoms with E-state index < -0.39 is 0 Å². The molecule has 72 valence electrons. The van der Waals surface area contributed by atoms with Gasteiger partial charge in [-0.25, -0.2) is 9.97 Å². The molecule has 0 aliphatic heterocycles. The van der Waals surface area contributed by atoms with Crippen molar-refractivity contribution in [3.63, 3.8) is 0 Å². The predicted octanol–water partition coefficient (Wildman–Crippen LogP) is 1.29. The average Bonchev–Trinajstić information content (AvgIpc) is 3.00. The summed E-state index contributed by atoms with van der Waals surface area (Å²) in [5, 5.41) is 8.81. The Bertz CT molecular complexity index is 367. The van der Waals surface area contributed by atoms with E-state index in [1.165, 1.54) is 12.8 Å². The van der Waals surface area contributed by atoms with Crippen LogP contribution in [0.15, 0.2) is 6.07 Å². The Balaban J connectivity index is 2.42. The van der Waals surface area contributed by atoms with Crippen molar-refractivity contribution in [1.29, 1.82) is 5.26 Å². The molecule has 1 aromatic heterocycles. The van der Waals surface area contributed by atoms with Crippen molar-refractivity contribution in [2.45, 2.75) is 18.8 Å². The zero-order chi connectivity index (χ0) is 10.1. The van der Waals surface area contributed by atoms with Gasteiger partial charge in [-0.1, -0.05) is 0 Å². The Morgan fingerprint density at radius 1 is 1.43 bits per heavy atom. The third-order valence-corrected chi connectivity index (χ3v) is 2.24. The van der Waals surface area contributed by atoms with Crippen LogP contribution in [0.2, 0.25) is 0 Å². The standard InChI is InChI=1S/C10H12N4/c1-14(2)10-12-8(6-11)5-9(13-10)7-3-4-7/h5,7H,3-4H2,1-2H3. The van der Waals surface area contributed by atoms with Crippen LogP contribution in [-0.2, 0) is 0 Å². The number of nitriles is 1. The van der Waals surface area contributed by atoms with Gasteiger partial charge in [0.05, 0.1) is 5.69 Å². The van der Waals surface area contributed by atoms with Gasteiger partial charge >= 0.3 is 0 Å². The number of rotatable bonds is 2. The largest absolute Gasteiger partial charge is 0.347 e. The fraction of sp³-hybridized carbons (Fsp3) is 0.500. The van der Waals surface area contributed by atoms with Crippen molar-refractivity contribution in [3.05, 3.63) is 17.5 Å². The summed E-state index contributed by atoms with van der Waals surface area (Å²) in [5.74, 6) is 1.19. The summed E-state index contributed by atoms with van der Waals surface area (Å²) in [5.41, 5.74) is 1.48. The maximum atomic E-state index is 8.81. The lowest BCUT2D eigenvalue weighted by Crippen LogP contribution is -2.14. The Morgan fingerprint density at radius 3 is 2.64 bits per heavy atom. The molecule has 1 fully saturated rings. The molecule has 0 spiro atoms. The maximum Gasteiger partial charge on any atom is 0.226 e. The van der Waals surface area contributed by atoms with Crippen molar-refractivity contribution >= 4 is 5.95 Å². The summed E-state index contributed by atoms with van der Waals surface area (Å²) in [6.45, 7) is 0. The maximum absolute atomic E-state index is 8.81. The van der Waals surface area contributed by atoms with E-state index in [1.54, 1.807) is 6.07 Å². The molecule has 4 heteroatoms. The first-order valence-corrected chi connectivity index (χ1v) is 4.67. The zero-order valence-electron chi connectivity index (χ0n) is 8.36. The Kier molecular flexibility index (Phi) is 2.08. The third-order valence-electron chi connectivity index (χ3n) is 2.24. The van der Waals surface area contributed by atoms with Crippen LogP contribution in [-0.4, -0.2) is 24.1 Å². The summed E-state index contributed by atoms with van der Waals surface area (Å²) in [6.07, 6.45) is 2.38. The van der Waals surface area contributed by atoms with Crippen LogP contribution in [0.5, 0.6) is 0 Å². The van der Waals surface area contributed by atoms with Gasteiger partial charge in [0.15, 0.2) is 0 Å². The van der Waals surface area contributed by atoms with Crippen molar-refractivity contribution in [2.24, 2.45) is 0 Å². The van der Waals surface area contributed by atoms with E-state index in [1.807, 2.05) is 19.0 Å². The summed E-state index contributed by atoms with van der Waals surface area (Å²) in [6, 6.07) is 3.86. The topological polar surface area (TPSA) is 52.8 Å². The number of hydrogen-bond acceptors (Lipinski definition) is 4. The molecule has 0 saturated heterocycles. The van der Waals surface area contributed by atoms with Gasteiger partial charge in [-0.2, -0.15) is 5.26 Å². The quantitative estimate of drug-likeness (QED) is 0.701. The minimum Gasteiger partial charge on any atom is -0.347 e. The second-order valence-electron chi connectivity index (χ2n) is 3.76. The van der Waals surface area contributed by atoms with Gasteiger partial charge in [-0.3, -0.25) is 0 Å². The van der Waals surface area contributed by atoms with Crippen molar-refractivity contribution in [1.82, 2.24) is 9.97 Å². The predicted molar refractivity (Wildman–Crippen MR) is 53.0 cm³/mol. The lowest BCUT2D eigenvalue weighted by atomic mass is 10.2. The van der Waals surface area contributed by atoms with Crippen molar-refractivity contribution < 1.29 is 0 Å². The lowest BCUT2D eigenvalue weighted by molar-refractivity contribution is 0.926. The first-order chi connectivity index (χ1) is 6.70. The molecular formula is C10H12N4. The van der Waals surface area contributed by atoms with E-state index in [4.69, 9.17) is 5.26 Å². The highest BCUT2D eigenvalue weighted by Gasteiger charge is 2.26. The molecule has 1 aliphatic carbocycles. The Hall–Kier alpha value is -1.63. The smallest absolute Gasteiger partial charge is 0.226 e. The molecule has 0 bridgehead atoms. The molecule has 1 saturated carbocycles. The normalized spacial score (nSPS) is 14.9. The van der Waals surface area contributed by atoms with Gasteiger partial charge in [-0.05, 0) is 18.9 Å². The first-order valence-electron chi connectivity index (χ1n) is 4.67. The van der Waals surface area contributed by atoms with E-state index >= 15 is 0 Å². The van der Waals surface area contributed by atoms with Gasteiger partial charge in [-0.15, -0.1) is 0 Å². The molecule has 0 unspecified atom stereocenters. The molecule has 0 N–H and O–H groups in total. The second-order valence-corrected chi connectivity index (χ2v) is 3.76. The summed E-state index contributed by atoms with van der Waals surface area (Å²) < 4.78 is 0. The van der Waals surface area contributed by atoms with Gasteiger partial charge in [0, 0.05) is 20.0 Å². The van der Waals surface area contributed by atoms with E-state index in [0.717, 1.165) is 5.69 Å². The van der Waals surface area contributed by atoms with Crippen molar-refractivity contribution in [2.75, 3.05) is 19.0 Å². The SMILES string of the molecule is CN(C)c1nc(C#N)cc(C2CC2)n1. The number of nitrogens with zero attached hydrogens (tertiary/aromatic N) is 4. The van der Waals surface area contributed by atoms with E-state index in [9.17, 15) is 0 Å². The number of anilines is 1. The zero-order valence-corrected chi connectivity index (χ0v) is 8.36. The minimum absolute atomic E-state index is 0.464. The van der Waals surface area contributed by atoms with Crippen LogP contribution in [0.3, 0.4) is 0 Å². The fourth-order valence-electron chi connectivity index (χ4n) is 1.30. The lowest BCUT2D eigenvalue weighted by Gasteiger charge is -2.11. The van der Waals surface area contributed by atoms with Crippen LogP contribution < -0.4 is 4.90 Å². The van der Waals surface area contributed by atoms with Crippen LogP contribution in [0.1, 0.15) is 30.1 Å². The van der Waals surface area contributed by atoms with E-state index in [-0.39, 0.29) is 0 Å². The second kappa shape index (κ2) is 3.26. The van der Waals surface area contributed by atoms with Crippen LogP contribution in [0.4, 0.5) is 5.95 Å². The highest BCUT2D eigenvalue weighted by Crippen LogP contribution is 2.39. The Labute approximate surface area is 83.2 Å². The summed E-state index contributed by atoms with van der Waals surface area (Å²) in [4.78, 5) is 10.3. The highest BCUT2D eigenvalue weighted by atomic mass is 15.2. The molecule has 14 heavy (non-hydrogen) atoms. The average molecular weight is 188 g/mol. The van der Waals surface area contributed by atoms with Crippen molar-refractivity contribution in [3.8, 4) is 6.07 Å². The molecule has 1 heterocycles. The van der Waals surface area contributed by atoms with E-state index in [0.29, 0.717) is 17.6 Å². The van der Waals surface area contributed by atoms with E-state index in [2.05, 4.69) is 16.0 Å². The van der Waals surface area contributed by atoms with Gasteiger partial charge in [0.1, 0.15) is 11.8 Å². The summed E-state index contributed by atoms with van der Waals surface area (Å²) >= 11 is 0.